The van der Waals surface area contributed by atoms with Crippen LogP contribution in [0.1, 0.15) is 22.9 Å². The normalized spacial score (nSPS) is 17.6. The summed E-state index contributed by atoms with van der Waals surface area (Å²) in [7, 11) is 2.85. The van der Waals surface area contributed by atoms with E-state index in [0.29, 0.717) is 17.1 Å². The summed E-state index contributed by atoms with van der Waals surface area (Å²) < 4.78 is 29.7. The van der Waals surface area contributed by atoms with Crippen molar-refractivity contribution < 1.29 is 33.0 Å². The first-order chi connectivity index (χ1) is 15.4. The van der Waals surface area contributed by atoms with Crippen molar-refractivity contribution >= 4 is 17.4 Å². The quantitative estimate of drug-likeness (QED) is 0.355. The Labute approximate surface area is 183 Å². The SMILES string of the molecule is COc1ccc(C2/C(=C(\O)c3ccc(OC)c(F)c3)C(=O)C(=O)N2Cc2ccco2)cc1. The third-order valence-electron chi connectivity index (χ3n) is 5.30. The zero-order chi connectivity index (χ0) is 22.8. The van der Waals surface area contributed by atoms with Crippen LogP contribution in [0.25, 0.3) is 5.76 Å². The molecule has 0 spiro atoms. The van der Waals surface area contributed by atoms with Gasteiger partial charge in [-0.3, -0.25) is 9.59 Å². The molecule has 1 amide bonds. The number of carbonyl (C=O) groups is 2. The molecule has 32 heavy (non-hydrogen) atoms. The van der Waals surface area contributed by atoms with E-state index in [4.69, 9.17) is 13.9 Å². The highest BCUT2D eigenvalue weighted by Gasteiger charge is 2.46. The van der Waals surface area contributed by atoms with Gasteiger partial charge >= 0.3 is 0 Å². The van der Waals surface area contributed by atoms with Gasteiger partial charge in [-0.2, -0.15) is 0 Å². The lowest BCUT2D eigenvalue weighted by molar-refractivity contribution is -0.140. The summed E-state index contributed by atoms with van der Waals surface area (Å²) >= 11 is 0. The molecule has 2 heterocycles. The topological polar surface area (TPSA) is 89.2 Å². The third kappa shape index (κ3) is 3.71. The van der Waals surface area contributed by atoms with Crippen molar-refractivity contribution in [3.8, 4) is 11.5 Å². The summed E-state index contributed by atoms with van der Waals surface area (Å²) in [5, 5.41) is 11.0. The van der Waals surface area contributed by atoms with Crippen LogP contribution in [0.15, 0.2) is 70.9 Å². The van der Waals surface area contributed by atoms with E-state index in [-0.39, 0.29) is 23.4 Å². The molecule has 1 atom stereocenters. The van der Waals surface area contributed by atoms with E-state index in [1.807, 2.05) is 0 Å². The lowest BCUT2D eigenvalue weighted by atomic mass is 9.95. The van der Waals surface area contributed by atoms with Crippen LogP contribution < -0.4 is 9.47 Å². The van der Waals surface area contributed by atoms with Crippen LogP contribution >= 0.6 is 0 Å². The number of hydrogen-bond acceptors (Lipinski definition) is 6. The van der Waals surface area contributed by atoms with Crippen LogP contribution in [0.3, 0.4) is 0 Å². The number of halogens is 1. The zero-order valence-electron chi connectivity index (χ0n) is 17.4. The van der Waals surface area contributed by atoms with E-state index < -0.39 is 29.3 Å². The predicted molar refractivity (Wildman–Crippen MR) is 113 cm³/mol. The summed E-state index contributed by atoms with van der Waals surface area (Å²) in [6, 6.07) is 13.0. The summed E-state index contributed by atoms with van der Waals surface area (Å²) in [5.74, 6) is -1.79. The molecule has 3 aromatic rings. The fraction of sp³-hybridized carbons (Fsp3) is 0.167. The molecule has 7 nitrogen and oxygen atoms in total. The Morgan fingerprint density at radius 1 is 1.09 bits per heavy atom. The fourth-order valence-corrected chi connectivity index (χ4v) is 3.72. The number of aliphatic hydroxyl groups is 1. The minimum Gasteiger partial charge on any atom is -0.507 e. The number of hydrogen-bond donors (Lipinski definition) is 1. The number of amides is 1. The first-order valence-corrected chi connectivity index (χ1v) is 9.73. The Balaban J connectivity index is 1.85. The first kappa shape index (κ1) is 21.2. The number of Topliss-reactive ketones (excluding diaryl/α,β-unsaturated/α-hetero) is 1. The average Bonchev–Trinajstić information content (AvgIpc) is 3.41. The van der Waals surface area contributed by atoms with Gasteiger partial charge in [0, 0.05) is 5.56 Å². The number of furan rings is 1. The Hall–Kier alpha value is -4.07. The van der Waals surface area contributed by atoms with Crippen LogP contribution in [0, 0.1) is 5.82 Å². The number of aliphatic hydroxyl groups excluding tert-OH is 1. The van der Waals surface area contributed by atoms with Crippen molar-refractivity contribution in [2.75, 3.05) is 14.2 Å². The molecule has 1 fully saturated rings. The van der Waals surface area contributed by atoms with Crippen molar-refractivity contribution in [2.45, 2.75) is 12.6 Å². The Bertz CT molecular complexity index is 1180. The molecule has 1 N–H and O–H groups in total. The maximum Gasteiger partial charge on any atom is 0.296 e. The number of nitrogens with zero attached hydrogens (tertiary/aromatic N) is 1. The second kappa shape index (κ2) is 8.58. The minimum absolute atomic E-state index is 0.00785. The van der Waals surface area contributed by atoms with Crippen molar-refractivity contribution in [1.82, 2.24) is 4.90 Å². The van der Waals surface area contributed by atoms with E-state index in [1.54, 1.807) is 36.4 Å². The van der Waals surface area contributed by atoms with Gasteiger partial charge in [0.1, 0.15) is 17.3 Å². The smallest absolute Gasteiger partial charge is 0.296 e. The number of benzene rings is 2. The van der Waals surface area contributed by atoms with Crippen molar-refractivity contribution in [2.24, 2.45) is 0 Å². The van der Waals surface area contributed by atoms with Gasteiger partial charge in [0.05, 0.1) is 38.6 Å². The number of ether oxygens (including phenoxy) is 2. The zero-order valence-corrected chi connectivity index (χ0v) is 17.4. The van der Waals surface area contributed by atoms with E-state index >= 15 is 0 Å². The largest absolute Gasteiger partial charge is 0.507 e. The van der Waals surface area contributed by atoms with Gasteiger partial charge in [0.2, 0.25) is 0 Å². The minimum atomic E-state index is -0.906. The standard InChI is InChI=1S/C24H20FNO6/c1-30-16-8-5-14(6-9-16)21-20(22(27)15-7-10-19(31-2)18(25)12-15)23(28)24(29)26(21)13-17-4-3-11-32-17/h3-12,21,27H,13H2,1-2H3/b22-20+. The van der Waals surface area contributed by atoms with E-state index in [0.717, 1.165) is 6.07 Å². The molecule has 1 saturated heterocycles. The number of rotatable bonds is 6. The Morgan fingerprint density at radius 3 is 2.44 bits per heavy atom. The van der Waals surface area contributed by atoms with Gasteiger partial charge in [-0.05, 0) is 48.0 Å². The second-order valence-corrected chi connectivity index (χ2v) is 7.13. The van der Waals surface area contributed by atoms with Crippen molar-refractivity contribution in [3.05, 3.63) is 89.1 Å². The molecule has 4 rings (SSSR count). The highest BCUT2D eigenvalue weighted by Crippen LogP contribution is 2.41. The molecule has 8 heteroatoms. The average molecular weight is 437 g/mol. The molecule has 0 radical (unpaired) electrons. The molecule has 0 aliphatic carbocycles. The molecule has 164 valence electrons. The predicted octanol–water partition coefficient (Wildman–Crippen LogP) is 4.06. The Morgan fingerprint density at radius 2 is 1.84 bits per heavy atom. The molecule has 2 aromatic carbocycles. The fourth-order valence-electron chi connectivity index (χ4n) is 3.72. The lowest BCUT2D eigenvalue weighted by Crippen LogP contribution is -2.29. The monoisotopic (exact) mass is 437 g/mol. The van der Waals surface area contributed by atoms with Crippen LogP contribution in [-0.4, -0.2) is 35.9 Å². The number of likely N-dealkylation sites (tertiary alicyclic amines) is 1. The van der Waals surface area contributed by atoms with Crippen molar-refractivity contribution in [3.63, 3.8) is 0 Å². The lowest BCUT2D eigenvalue weighted by Gasteiger charge is -2.24. The van der Waals surface area contributed by atoms with Crippen molar-refractivity contribution in [1.29, 1.82) is 0 Å². The summed E-state index contributed by atoms with van der Waals surface area (Å²) in [5.41, 5.74) is 0.487. The molecule has 0 saturated carbocycles. The van der Waals surface area contributed by atoms with Gasteiger partial charge in [-0.25, -0.2) is 4.39 Å². The van der Waals surface area contributed by atoms with E-state index in [9.17, 15) is 19.1 Å². The molecular formula is C24H20FNO6. The molecule has 0 bridgehead atoms. The van der Waals surface area contributed by atoms with Gasteiger partial charge in [0.15, 0.2) is 11.6 Å². The molecule has 1 aliphatic heterocycles. The number of methoxy groups -OCH3 is 2. The van der Waals surface area contributed by atoms with Gasteiger partial charge in [-0.1, -0.05) is 12.1 Å². The van der Waals surface area contributed by atoms with Gasteiger partial charge in [-0.15, -0.1) is 0 Å². The van der Waals surface area contributed by atoms with E-state index in [1.165, 1.54) is 37.5 Å². The summed E-state index contributed by atoms with van der Waals surface area (Å²) in [6.07, 6.45) is 1.47. The first-order valence-electron chi connectivity index (χ1n) is 9.73. The highest BCUT2D eigenvalue weighted by molar-refractivity contribution is 6.46. The van der Waals surface area contributed by atoms with Crippen LogP contribution in [0.2, 0.25) is 0 Å². The van der Waals surface area contributed by atoms with Crippen LogP contribution in [0.5, 0.6) is 11.5 Å². The Kier molecular flexibility index (Phi) is 5.68. The molecule has 1 unspecified atom stereocenters. The maximum atomic E-state index is 14.3. The van der Waals surface area contributed by atoms with Crippen LogP contribution in [-0.2, 0) is 16.1 Å². The molecule has 1 aliphatic rings. The van der Waals surface area contributed by atoms with E-state index in [2.05, 4.69) is 0 Å². The molecule has 1 aromatic heterocycles. The van der Waals surface area contributed by atoms with Crippen LogP contribution in [0.4, 0.5) is 4.39 Å². The molecular weight excluding hydrogens is 417 g/mol. The maximum absolute atomic E-state index is 14.3. The summed E-state index contributed by atoms with van der Waals surface area (Å²) in [6.45, 7) is 0.0159. The van der Waals surface area contributed by atoms with Gasteiger partial charge in [0.25, 0.3) is 11.7 Å². The number of carbonyl (C=O) groups excluding carboxylic acids is 2. The summed E-state index contributed by atoms with van der Waals surface area (Å²) in [4.78, 5) is 27.2. The second-order valence-electron chi connectivity index (χ2n) is 7.13. The number of ketones is 1. The van der Waals surface area contributed by atoms with Gasteiger partial charge < -0.3 is 23.9 Å². The third-order valence-corrected chi connectivity index (χ3v) is 5.30. The highest BCUT2D eigenvalue weighted by atomic mass is 19.1.